The lowest BCUT2D eigenvalue weighted by molar-refractivity contribution is 0.0948. The van der Waals surface area contributed by atoms with Gasteiger partial charge in [-0.05, 0) is 43.7 Å². The first-order chi connectivity index (χ1) is 8.74. The first-order valence-corrected chi connectivity index (χ1v) is 6.96. The highest BCUT2D eigenvalue weighted by molar-refractivity contribution is 6.00. The van der Waals surface area contributed by atoms with Gasteiger partial charge in [-0.1, -0.05) is 12.8 Å². The minimum absolute atomic E-state index is 0.0155. The number of rotatable bonds is 2. The Hall–Kier alpha value is -1.22. The number of nitrogens with one attached hydrogen (secondary N) is 1. The van der Waals surface area contributed by atoms with Crippen molar-refractivity contribution in [1.29, 1.82) is 0 Å². The number of hydrogen-bond acceptors (Lipinski definition) is 3. The first kappa shape index (κ1) is 11.8. The largest absolute Gasteiger partial charge is 0.304 e. The Bertz CT molecular complexity index is 444. The number of nitrogens with zero attached hydrogens (tertiary/aromatic N) is 1. The Balaban J connectivity index is 1.74. The van der Waals surface area contributed by atoms with Crippen molar-refractivity contribution >= 4 is 5.78 Å². The van der Waals surface area contributed by atoms with E-state index in [2.05, 4.69) is 10.3 Å². The van der Waals surface area contributed by atoms with Gasteiger partial charge in [-0.2, -0.15) is 0 Å². The Labute approximate surface area is 108 Å². The molecule has 2 fully saturated rings. The molecule has 1 aliphatic heterocycles. The molecule has 3 nitrogen and oxygen atoms in total. The minimum atomic E-state index is 0.0155. The highest BCUT2D eigenvalue weighted by Crippen LogP contribution is 2.34. The second-order valence-corrected chi connectivity index (χ2v) is 5.72. The molecule has 0 bridgehead atoms. The van der Waals surface area contributed by atoms with Gasteiger partial charge in [0.2, 0.25) is 0 Å². The van der Waals surface area contributed by atoms with Crippen molar-refractivity contribution in [3.63, 3.8) is 0 Å². The Morgan fingerprint density at radius 1 is 1.33 bits per heavy atom. The number of ketones is 1. The van der Waals surface area contributed by atoms with Crippen molar-refractivity contribution in [2.24, 2.45) is 5.92 Å². The molecule has 0 aromatic carbocycles. The van der Waals surface area contributed by atoms with Gasteiger partial charge >= 0.3 is 0 Å². The second kappa shape index (κ2) is 4.81. The Morgan fingerprint density at radius 2 is 2.17 bits per heavy atom. The van der Waals surface area contributed by atoms with Crippen molar-refractivity contribution < 1.29 is 4.79 Å². The Kier molecular flexibility index (Phi) is 3.16. The van der Waals surface area contributed by atoms with Crippen LogP contribution in [0.4, 0.5) is 0 Å². The molecule has 1 saturated heterocycles. The molecule has 1 aromatic heterocycles. The van der Waals surface area contributed by atoms with E-state index in [0.717, 1.165) is 17.5 Å². The zero-order chi connectivity index (χ0) is 12.5. The van der Waals surface area contributed by atoms with Crippen molar-refractivity contribution in [3.05, 3.63) is 29.6 Å². The van der Waals surface area contributed by atoms with Gasteiger partial charge in [0.1, 0.15) is 0 Å². The van der Waals surface area contributed by atoms with Crippen LogP contribution in [0, 0.1) is 12.8 Å². The maximum Gasteiger partial charge on any atom is 0.181 e. The normalized spacial score (nSPS) is 31.1. The van der Waals surface area contributed by atoms with Crippen molar-refractivity contribution in [3.8, 4) is 0 Å². The molecule has 3 rings (SSSR count). The Morgan fingerprint density at radius 3 is 2.94 bits per heavy atom. The lowest BCUT2D eigenvalue weighted by atomic mass is 9.84. The molecule has 1 saturated carbocycles. The summed E-state index contributed by atoms with van der Waals surface area (Å²) in [7, 11) is 0. The van der Waals surface area contributed by atoms with Gasteiger partial charge in [-0.15, -0.1) is 0 Å². The number of aromatic nitrogens is 1. The molecule has 1 N–H and O–H groups in total. The molecule has 18 heavy (non-hydrogen) atoms. The molecule has 0 spiro atoms. The molecule has 2 heterocycles. The standard InChI is InChI=1S/C15H20N2O/c1-10-6-12(9-16-8-10)15(18)14-7-11-4-2-3-5-13(11)17-14/h6,8-9,11,13-14,17H,2-5,7H2,1H3. The maximum atomic E-state index is 12.4. The van der Waals surface area contributed by atoms with Crippen LogP contribution < -0.4 is 5.32 Å². The maximum absolute atomic E-state index is 12.4. The summed E-state index contributed by atoms with van der Waals surface area (Å²) in [5.74, 6) is 0.936. The van der Waals surface area contributed by atoms with E-state index in [1.807, 2.05) is 13.0 Å². The molecule has 0 amide bonds. The van der Waals surface area contributed by atoms with Crippen molar-refractivity contribution in [1.82, 2.24) is 10.3 Å². The molecule has 3 atom stereocenters. The number of aryl methyl sites for hydroxylation is 1. The fourth-order valence-electron chi connectivity index (χ4n) is 3.41. The summed E-state index contributed by atoms with van der Waals surface area (Å²) in [5, 5.41) is 3.53. The van der Waals surface area contributed by atoms with Crippen LogP contribution in [0.5, 0.6) is 0 Å². The van der Waals surface area contributed by atoms with E-state index in [1.165, 1.54) is 25.7 Å². The summed E-state index contributed by atoms with van der Waals surface area (Å²) >= 11 is 0. The summed E-state index contributed by atoms with van der Waals surface area (Å²) in [5.41, 5.74) is 1.81. The molecule has 0 radical (unpaired) electrons. The quantitative estimate of drug-likeness (QED) is 0.813. The fourth-order valence-corrected chi connectivity index (χ4v) is 3.41. The van der Waals surface area contributed by atoms with E-state index < -0.39 is 0 Å². The summed E-state index contributed by atoms with van der Waals surface area (Å²) in [4.78, 5) is 16.6. The van der Waals surface area contributed by atoms with Crippen LogP contribution in [0.1, 0.15) is 48.0 Å². The number of Topliss-reactive ketones (excluding diaryl/α,β-unsaturated/α-hetero) is 1. The average Bonchev–Trinajstić information content (AvgIpc) is 2.81. The predicted molar refractivity (Wildman–Crippen MR) is 70.6 cm³/mol. The predicted octanol–water partition coefficient (Wildman–Crippen LogP) is 2.49. The minimum Gasteiger partial charge on any atom is -0.304 e. The number of carbonyl (C=O) groups is 1. The monoisotopic (exact) mass is 244 g/mol. The lowest BCUT2D eigenvalue weighted by Gasteiger charge is -2.24. The smallest absolute Gasteiger partial charge is 0.181 e. The zero-order valence-electron chi connectivity index (χ0n) is 10.9. The highest BCUT2D eigenvalue weighted by atomic mass is 16.1. The third-order valence-electron chi connectivity index (χ3n) is 4.34. The number of fused-ring (bicyclic) bond motifs is 1. The van der Waals surface area contributed by atoms with E-state index in [1.54, 1.807) is 12.4 Å². The number of carbonyl (C=O) groups excluding carboxylic acids is 1. The molecule has 1 aliphatic carbocycles. The van der Waals surface area contributed by atoms with Crippen molar-refractivity contribution in [2.75, 3.05) is 0 Å². The van der Waals surface area contributed by atoms with Crippen LogP contribution in [-0.4, -0.2) is 22.9 Å². The SMILES string of the molecule is Cc1cncc(C(=O)C2CC3CCCCC3N2)c1. The van der Waals surface area contributed by atoms with E-state index in [-0.39, 0.29) is 11.8 Å². The van der Waals surface area contributed by atoms with Crippen LogP contribution in [0.3, 0.4) is 0 Å². The fraction of sp³-hybridized carbons (Fsp3) is 0.600. The topological polar surface area (TPSA) is 42.0 Å². The van der Waals surface area contributed by atoms with Gasteiger partial charge < -0.3 is 5.32 Å². The van der Waals surface area contributed by atoms with Crippen LogP contribution >= 0.6 is 0 Å². The van der Waals surface area contributed by atoms with Crippen LogP contribution in [0.2, 0.25) is 0 Å². The van der Waals surface area contributed by atoms with Gasteiger partial charge in [0.15, 0.2) is 5.78 Å². The van der Waals surface area contributed by atoms with Gasteiger partial charge in [0, 0.05) is 24.0 Å². The van der Waals surface area contributed by atoms with E-state index in [4.69, 9.17) is 0 Å². The summed E-state index contributed by atoms with van der Waals surface area (Å²) in [6.07, 6.45) is 9.65. The third-order valence-corrected chi connectivity index (χ3v) is 4.34. The molecule has 96 valence electrons. The van der Waals surface area contributed by atoms with Gasteiger partial charge in [-0.25, -0.2) is 0 Å². The second-order valence-electron chi connectivity index (χ2n) is 5.72. The molecule has 2 aliphatic rings. The van der Waals surface area contributed by atoms with Gasteiger partial charge in [0.25, 0.3) is 0 Å². The van der Waals surface area contributed by atoms with E-state index in [0.29, 0.717) is 12.0 Å². The molecule has 3 heteroatoms. The molecular weight excluding hydrogens is 224 g/mol. The van der Waals surface area contributed by atoms with E-state index >= 15 is 0 Å². The molecule has 3 unspecified atom stereocenters. The van der Waals surface area contributed by atoms with Gasteiger partial charge in [0.05, 0.1) is 6.04 Å². The molecule has 1 aromatic rings. The highest BCUT2D eigenvalue weighted by Gasteiger charge is 2.38. The zero-order valence-corrected chi connectivity index (χ0v) is 10.9. The molecular formula is C15H20N2O. The first-order valence-electron chi connectivity index (χ1n) is 6.96. The van der Waals surface area contributed by atoms with Gasteiger partial charge in [-0.3, -0.25) is 9.78 Å². The number of hydrogen-bond donors (Lipinski definition) is 1. The van der Waals surface area contributed by atoms with Crippen LogP contribution in [0.25, 0.3) is 0 Å². The van der Waals surface area contributed by atoms with Crippen molar-refractivity contribution in [2.45, 2.75) is 51.1 Å². The van der Waals surface area contributed by atoms with Crippen LogP contribution in [-0.2, 0) is 0 Å². The summed E-state index contributed by atoms with van der Waals surface area (Å²) in [6.45, 7) is 1.98. The summed E-state index contributed by atoms with van der Waals surface area (Å²) < 4.78 is 0. The number of pyridine rings is 1. The summed E-state index contributed by atoms with van der Waals surface area (Å²) in [6, 6.07) is 2.53. The third kappa shape index (κ3) is 2.19. The average molecular weight is 244 g/mol. The lowest BCUT2D eigenvalue weighted by Crippen LogP contribution is -2.37. The van der Waals surface area contributed by atoms with E-state index in [9.17, 15) is 4.79 Å². The van der Waals surface area contributed by atoms with Crippen LogP contribution in [0.15, 0.2) is 18.5 Å².